The number of aliphatic imine (C=N–C) groups is 1. The predicted octanol–water partition coefficient (Wildman–Crippen LogP) is 8.83. The topological polar surface area (TPSA) is 290 Å². The molecule has 0 spiro atoms. The highest BCUT2D eigenvalue weighted by Crippen LogP contribution is 2.44. The largest absolute Gasteiger partial charge is 0.449 e. The third kappa shape index (κ3) is 16.7. The first-order valence-electron chi connectivity index (χ1n) is 31.0. The van der Waals surface area contributed by atoms with Gasteiger partial charge in [-0.1, -0.05) is 106 Å². The summed E-state index contributed by atoms with van der Waals surface area (Å²) >= 11 is 0. The number of carbonyl (C=O) groups excluding carboxylic acids is 7. The van der Waals surface area contributed by atoms with Gasteiger partial charge in [0.15, 0.2) is 0 Å². The zero-order valence-corrected chi connectivity index (χ0v) is 53.4. The number of ether oxygens (including phenoxy) is 3. The van der Waals surface area contributed by atoms with Crippen molar-refractivity contribution in [3.63, 3.8) is 0 Å². The summed E-state index contributed by atoms with van der Waals surface area (Å²) < 4.78 is 45.5. The number of anilines is 1. The second-order valence-electron chi connectivity index (χ2n) is 24.8. The minimum absolute atomic E-state index is 0.0823. The molecule has 91 heavy (non-hydrogen) atoms. The normalized spacial score (nSPS) is 16.3. The van der Waals surface area contributed by atoms with E-state index in [0.717, 1.165) is 28.7 Å². The van der Waals surface area contributed by atoms with Crippen LogP contribution in [-0.4, -0.2) is 146 Å². The number of nitrogens with one attached hydrogen (secondary N) is 5. The Bertz CT molecular complexity index is 3660. The molecule has 0 aromatic heterocycles. The Hall–Kier alpha value is -9.09. The van der Waals surface area contributed by atoms with Crippen LogP contribution in [0.3, 0.4) is 0 Å². The minimum Gasteiger partial charge on any atom is -0.449 e. The zero-order chi connectivity index (χ0) is 65.1. The van der Waals surface area contributed by atoms with Gasteiger partial charge in [-0.2, -0.15) is 4.31 Å². The highest BCUT2D eigenvalue weighted by Gasteiger charge is 2.40. The Morgan fingerprint density at radius 1 is 0.780 bits per heavy atom. The van der Waals surface area contributed by atoms with Gasteiger partial charge in [0.25, 0.3) is 0 Å². The van der Waals surface area contributed by atoms with Gasteiger partial charge >= 0.3 is 18.3 Å². The Balaban J connectivity index is 0.694. The molecule has 3 heterocycles. The first-order valence-corrected chi connectivity index (χ1v) is 32.5. The molecule has 3 atom stereocenters. The lowest BCUT2D eigenvalue weighted by molar-refractivity contribution is -0.140. The van der Waals surface area contributed by atoms with E-state index in [1.54, 1.807) is 95.0 Å². The fourth-order valence-corrected chi connectivity index (χ4v) is 13.3. The van der Waals surface area contributed by atoms with Gasteiger partial charge in [-0.15, -0.1) is 0 Å². The highest BCUT2D eigenvalue weighted by molar-refractivity contribution is 7.89. The molecule has 0 bridgehead atoms. The van der Waals surface area contributed by atoms with E-state index < -0.39 is 69.8 Å². The summed E-state index contributed by atoms with van der Waals surface area (Å²) in [5, 5.41) is 13.8. The van der Waals surface area contributed by atoms with Crippen molar-refractivity contribution in [1.82, 2.24) is 35.4 Å². The molecule has 7 amide bonds. The molecule has 0 saturated carbocycles. The second-order valence-corrected chi connectivity index (χ2v) is 26.7. The quantitative estimate of drug-likeness (QED) is 0.0264. The molecule has 4 aliphatic rings. The van der Waals surface area contributed by atoms with Crippen molar-refractivity contribution in [3.8, 4) is 22.3 Å². The van der Waals surface area contributed by atoms with E-state index in [9.17, 15) is 42.0 Å². The molecule has 2 fully saturated rings. The monoisotopic (exact) mass is 1260 g/mol. The molecular formula is C68H82N10O12S. The van der Waals surface area contributed by atoms with Crippen LogP contribution in [0.25, 0.3) is 28.3 Å². The standard InChI is InChI=1S/C68H82N10O12S/c1-8-30-76(31-15-29-70-66(84)90-68(5,6)7)64(82)49-33-48-26-25-47(35-57(48)74-59(69)36-49)46-16-13-17-51(34-46)91(86,87)77-38-45(39-77)37-71-65(83)88-40-44-23-27-50(28-24-44)73-62(80)60(42(2)3)75-61(79)58-22-14-32-78(58)63(81)43(4)72-67(85)89-41-56-54-20-11-9-18-52(54)53-19-10-12-21-55(53)56/h9-13,16-21,23-28,33-35,42-43,45,56,58,60H,8,14-15,22,29-32,36-41H2,1-7H3,(H2,69,74)(H,70,84)(H,71,83)(H,72,85)(H,73,80)(H,75,79)/t43?,58-,60?/m0/s1. The van der Waals surface area contributed by atoms with Crippen LogP contribution in [0.1, 0.15) is 109 Å². The van der Waals surface area contributed by atoms with E-state index in [2.05, 4.69) is 31.6 Å². The molecule has 23 heteroatoms. The van der Waals surface area contributed by atoms with E-state index in [-0.39, 0.29) is 73.7 Å². The van der Waals surface area contributed by atoms with Gasteiger partial charge in [-0.3, -0.25) is 19.2 Å². The van der Waals surface area contributed by atoms with Crippen molar-refractivity contribution < 1.29 is 56.2 Å². The number of amides is 7. The number of sulfonamides is 1. The Kier molecular flexibility index (Phi) is 21.3. The van der Waals surface area contributed by atoms with Crippen LogP contribution in [0.4, 0.5) is 25.8 Å². The number of hydrogen-bond donors (Lipinski definition) is 6. The van der Waals surface area contributed by atoms with Crippen LogP contribution in [0.15, 0.2) is 131 Å². The number of rotatable bonds is 23. The van der Waals surface area contributed by atoms with Gasteiger partial charge in [0.05, 0.1) is 10.6 Å². The lowest BCUT2D eigenvalue weighted by atomic mass is 9.98. The third-order valence-corrected chi connectivity index (χ3v) is 18.1. The molecule has 5 aromatic carbocycles. The second kappa shape index (κ2) is 29.2. The van der Waals surface area contributed by atoms with Crippen LogP contribution in [0, 0.1) is 11.8 Å². The molecule has 7 N–H and O–H groups in total. The van der Waals surface area contributed by atoms with E-state index in [1.807, 2.05) is 73.7 Å². The molecule has 0 radical (unpaired) electrons. The number of carbonyl (C=O) groups is 7. The molecule has 482 valence electrons. The molecule has 1 aliphatic carbocycles. The summed E-state index contributed by atoms with van der Waals surface area (Å²) in [5.41, 5.74) is 14.2. The van der Waals surface area contributed by atoms with Crippen molar-refractivity contribution >= 4 is 75.2 Å². The average Bonchev–Trinajstić information content (AvgIpc) is 1.79. The molecule has 5 aromatic rings. The van der Waals surface area contributed by atoms with Gasteiger partial charge in [0.1, 0.15) is 42.8 Å². The van der Waals surface area contributed by atoms with Crippen LogP contribution < -0.4 is 32.3 Å². The van der Waals surface area contributed by atoms with Gasteiger partial charge in [-0.05, 0) is 135 Å². The SMILES string of the molecule is CCCN(CCCNC(=O)OC(C)(C)C)C(=O)C1=Cc2ccc(-c3cccc(S(=O)(=O)N4CC(CNC(=O)OCc5ccc(NC(=O)C(NC(=O)[C@@H]6CCCN6C(=O)C(C)NC(=O)OCC6c7ccccc7-c7ccccc76)C(C)C)cc5)C4)c3)cc2N=C(N)C1. The summed E-state index contributed by atoms with van der Waals surface area (Å²) in [7, 11) is -3.89. The fraction of sp³-hybridized carbons (Fsp3) is 0.412. The van der Waals surface area contributed by atoms with Crippen molar-refractivity contribution in [3.05, 3.63) is 143 Å². The average molecular weight is 1260 g/mol. The summed E-state index contributed by atoms with van der Waals surface area (Å²) in [5.74, 6) is -1.94. The lowest BCUT2D eigenvalue weighted by Crippen LogP contribution is -2.56. The van der Waals surface area contributed by atoms with Gasteiger partial charge in [0.2, 0.25) is 33.7 Å². The summed E-state index contributed by atoms with van der Waals surface area (Å²) in [6.45, 7) is 14.6. The number of likely N-dealkylation sites (tertiary alicyclic amines) is 1. The highest BCUT2D eigenvalue weighted by atomic mass is 32.2. The lowest BCUT2D eigenvalue weighted by Gasteiger charge is -2.38. The Labute approximate surface area is 531 Å². The van der Waals surface area contributed by atoms with E-state index >= 15 is 0 Å². The maximum absolute atomic E-state index is 13.9. The first kappa shape index (κ1) is 66.3. The third-order valence-electron chi connectivity index (χ3n) is 16.3. The number of nitrogens with two attached hydrogens (primary N) is 1. The predicted molar refractivity (Wildman–Crippen MR) is 346 cm³/mol. The number of fused-ring (bicyclic) bond motifs is 4. The zero-order valence-electron chi connectivity index (χ0n) is 52.6. The van der Waals surface area contributed by atoms with E-state index in [4.69, 9.17) is 19.9 Å². The van der Waals surface area contributed by atoms with Crippen molar-refractivity contribution in [2.75, 3.05) is 57.7 Å². The number of hydrogen-bond acceptors (Lipinski definition) is 14. The smallest absolute Gasteiger partial charge is 0.407 e. The van der Waals surface area contributed by atoms with Crippen LogP contribution in [0.2, 0.25) is 0 Å². The molecule has 2 saturated heterocycles. The van der Waals surface area contributed by atoms with Gasteiger partial charge in [-0.25, -0.2) is 27.8 Å². The fourth-order valence-electron chi connectivity index (χ4n) is 11.6. The van der Waals surface area contributed by atoms with Crippen LogP contribution in [0.5, 0.6) is 0 Å². The summed E-state index contributed by atoms with van der Waals surface area (Å²) in [6, 6.07) is 32.0. The molecule has 3 aliphatic heterocycles. The number of amidine groups is 1. The van der Waals surface area contributed by atoms with Gasteiger partial charge < -0.3 is 56.3 Å². The Morgan fingerprint density at radius 3 is 2.15 bits per heavy atom. The number of alkyl carbamates (subject to hydrolysis) is 3. The molecular weight excluding hydrogens is 1180 g/mol. The minimum atomic E-state index is -3.89. The van der Waals surface area contributed by atoms with E-state index in [0.29, 0.717) is 84.6 Å². The van der Waals surface area contributed by atoms with Crippen molar-refractivity contribution in [2.45, 2.75) is 122 Å². The van der Waals surface area contributed by atoms with E-state index in [1.165, 1.54) is 15.3 Å². The molecule has 22 nitrogen and oxygen atoms in total. The van der Waals surface area contributed by atoms with Gasteiger partial charge in [0, 0.05) is 80.9 Å². The first-order chi connectivity index (χ1) is 43.5. The Morgan fingerprint density at radius 2 is 1.47 bits per heavy atom. The van der Waals surface area contributed by atoms with Crippen molar-refractivity contribution in [1.29, 1.82) is 0 Å². The van der Waals surface area contributed by atoms with Crippen LogP contribution >= 0.6 is 0 Å². The molecule has 9 rings (SSSR count). The molecule has 2 unspecified atom stereocenters. The maximum Gasteiger partial charge on any atom is 0.407 e. The number of nitrogens with zero attached hydrogens (tertiary/aromatic N) is 4. The van der Waals surface area contributed by atoms with Crippen LogP contribution in [-0.2, 0) is 50.0 Å². The maximum atomic E-state index is 13.9. The number of benzene rings is 5. The summed E-state index contributed by atoms with van der Waals surface area (Å²) in [6.07, 6.45) is 2.19. The summed E-state index contributed by atoms with van der Waals surface area (Å²) in [4.78, 5) is 101. The van der Waals surface area contributed by atoms with Crippen molar-refractivity contribution in [2.24, 2.45) is 22.6 Å².